The smallest absolute Gasteiger partial charge is 0.124 e. The normalized spacial score (nSPS) is 24.1. The van der Waals surface area contributed by atoms with Crippen LogP contribution in [0, 0.1) is 0 Å². The summed E-state index contributed by atoms with van der Waals surface area (Å²) in [5, 5.41) is 3.48. The number of benzene rings is 1. The summed E-state index contributed by atoms with van der Waals surface area (Å²) in [7, 11) is 1.69. The molecule has 0 bridgehead atoms. The summed E-state index contributed by atoms with van der Waals surface area (Å²) in [4.78, 5) is 0. The zero-order valence-electron chi connectivity index (χ0n) is 10.1. The van der Waals surface area contributed by atoms with E-state index in [4.69, 9.17) is 9.47 Å². The van der Waals surface area contributed by atoms with Crippen molar-refractivity contribution in [3.8, 4) is 5.75 Å². The molecule has 1 heterocycles. The lowest BCUT2D eigenvalue weighted by Gasteiger charge is -2.36. The number of rotatable bonds is 2. The lowest BCUT2D eigenvalue weighted by molar-refractivity contribution is -0.0238. The predicted octanol–water partition coefficient (Wildman–Crippen LogP) is 2.13. The van der Waals surface area contributed by atoms with Crippen LogP contribution in [0.15, 0.2) is 24.3 Å². The minimum Gasteiger partial charge on any atom is -0.496 e. The van der Waals surface area contributed by atoms with Gasteiger partial charge in [0.1, 0.15) is 5.75 Å². The van der Waals surface area contributed by atoms with E-state index in [9.17, 15) is 0 Å². The average molecular weight is 221 g/mol. The highest BCUT2D eigenvalue weighted by molar-refractivity contribution is 5.35. The van der Waals surface area contributed by atoms with Gasteiger partial charge in [-0.25, -0.2) is 0 Å². The molecule has 0 aromatic heterocycles. The number of nitrogens with one attached hydrogen (secondary N) is 1. The van der Waals surface area contributed by atoms with Crippen LogP contribution in [0.1, 0.15) is 25.5 Å². The monoisotopic (exact) mass is 221 g/mol. The van der Waals surface area contributed by atoms with Gasteiger partial charge < -0.3 is 14.8 Å². The average Bonchev–Trinajstić information content (AvgIpc) is 2.29. The summed E-state index contributed by atoms with van der Waals surface area (Å²) < 4.78 is 11.2. The van der Waals surface area contributed by atoms with Gasteiger partial charge in [0.25, 0.3) is 0 Å². The maximum absolute atomic E-state index is 5.88. The molecule has 2 rings (SSSR count). The van der Waals surface area contributed by atoms with Crippen molar-refractivity contribution in [3.63, 3.8) is 0 Å². The third-order valence-corrected chi connectivity index (χ3v) is 2.90. The molecule has 0 spiro atoms. The highest BCUT2D eigenvalue weighted by Crippen LogP contribution is 2.30. The molecule has 16 heavy (non-hydrogen) atoms. The Morgan fingerprint density at radius 2 is 2.12 bits per heavy atom. The van der Waals surface area contributed by atoms with Gasteiger partial charge in [0, 0.05) is 17.6 Å². The Balaban J connectivity index is 2.14. The first-order valence-electron chi connectivity index (χ1n) is 5.62. The molecule has 0 saturated carbocycles. The molecule has 1 unspecified atom stereocenters. The van der Waals surface area contributed by atoms with Crippen LogP contribution in [0.4, 0.5) is 0 Å². The van der Waals surface area contributed by atoms with E-state index in [1.807, 2.05) is 18.2 Å². The third-order valence-electron chi connectivity index (χ3n) is 2.90. The largest absolute Gasteiger partial charge is 0.496 e. The highest BCUT2D eigenvalue weighted by atomic mass is 16.5. The molecule has 1 atom stereocenters. The lowest BCUT2D eigenvalue weighted by atomic mass is 10.0. The molecule has 1 N–H and O–H groups in total. The first-order chi connectivity index (χ1) is 7.62. The van der Waals surface area contributed by atoms with E-state index in [-0.39, 0.29) is 11.6 Å². The molecule has 3 nitrogen and oxygen atoms in total. The number of morpholine rings is 1. The molecule has 1 aromatic rings. The van der Waals surface area contributed by atoms with Crippen molar-refractivity contribution < 1.29 is 9.47 Å². The third kappa shape index (κ3) is 2.36. The summed E-state index contributed by atoms with van der Waals surface area (Å²) in [5.41, 5.74) is 1.19. The second-order valence-corrected chi connectivity index (χ2v) is 4.81. The fourth-order valence-electron chi connectivity index (χ4n) is 1.92. The zero-order valence-corrected chi connectivity index (χ0v) is 10.1. The van der Waals surface area contributed by atoms with Crippen LogP contribution in [0.5, 0.6) is 5.75 Å². The Morgan fingerprint density at radius 3 is 2.75 bits per heavy atom. The maximum atomic E-state index is 5.88. The molecule has 1 saturated heterocycles. The fourth-order valence-corrected chi connectivity index (χ4v) is 1.92. The van der Waals surface area contributed by atoms with Crippen LogP contribution < -0.4 is 10.1 Å². The fraction of sp³-hybridized carbons (Fsp3) is 0.538. The van der Waals surface area contributed by atoms with Crippen molar-refractivity contribution in [2.75, 3.05) is 20.3 Å². The summed E-state index contributed by atoms with van der Waals surface area (Å²) in [6.45, 7) is 5.83. The molecular formula is C13H19NO2. The highest BCUT2D eigenvalue weighted by Gasteiger charge is 2.28. The van der Waals surface area contributed by atoms with E-state index in [2.05, 4.69) is 25.2 Å². The topological polar surface area (TPSA) is 30.5 Å². The van der Waals surface area contributed by atoms with E-state index in [1.54, 1.807) is 7.11 Å². The molecule has 0 radical (unpaired) electrons. The summed E-state index contributed by atoms with van der Waals surface area (Å²) in [6.07, 6.45) is 0.0872. The summed E-state index contributed by atoms with van der Waals surface area (Å²) in [6, 6.07) is 8.02. The van der Waals surface area contributed by atoms with E-state index >= 15 is 0 Å². The van der Waals surface area contributed by atoms with Crippen molar-refractivity contribution in [2.45, 2.75) is 25.5 Å². The summed E-state index contributed by atoms with van der Waals surface area (Å²) in [5.74, 6) is 0.897. The van der Waals surface area contributed by atoms with Gasteiger partial charge in [0.05, 0.1) is 19.8 Å². The molecule has 3 heteroatoms. The molecule has 0 amide bonds. The molecule has 1 fully saturated rings. The standard InChI is InChI=1S/C13H19NO2/c1-13(2)9-16-12(8-14-13)10-6-4-5-7-11(10)15-3/h4-7,12,14H,8-9H2,1-3H3. The van der Waals surface area contributed by atoms with Gasteiger partial charge in [-0.1, -0.05) is 18.2 Å². The Hall–Kier alpha value is -1.06. The second kappa shape index (κ2) is 4.44. The Morgan fingerprint density at radius 1 is 1.38 bits per heavy atom. The van der Waals surface area contributed by atoms with E-state index in [1.165, 1.54) is 0 Å². The first-order valence-corrected chi connectivity index (χ1v) is 5.62. The van der Waals surface area contributed by atoms with E-state index in [0.717, 1.165) is 24.5 Å². The van der Waals surface area contributed by atoms with Gasteiger partial charge in [-0.3, -0.25) is 0 Å². The number of ether oxygens (including phenoxy) is 2. The Kier molecular flexibility index (Phi) is 3.17. The second-order valence-electron chi connectivity index (χ2n) is 4.81. The summed E-state index contributed by atoms with van der Waals surface area (Å²) >= 11 is 0. The van der Waals surface area contributed by atoms with Gasteiger partial charge in [0.2, 0.25) is 0 Å². The SMILES string of the molecule is COc1ccccc1C1CNC(C)(C)CO1. The molecular weight excluding hydrogens is 202 g/mol. The minimum atomic E-state index is 0.0680. The zero-order chi connectivity index (χ0) is 11.6. The van der Waals surface area contributed by atoms with Crippen LogP contribution in [0.25, 0.3) is 0 Å². The van der Waals surface area contributed by atoms with Gasteiger partial charge in [-0.15, -0.1) is 0 Å². The van der Waals surface area contributed by atoms with E-state index in [0.29, 0.717) is 0 Å². The van der Waals surface area contributed by atoms with E-state index < -0.39 is 0 Å². The maximum Gasteiger partial charge on any atom is 0.124 e. The van der Waals surface area contributed by atoms with Crippen LogP contribution >= 0.6 is 0 Å². The first kappa shape index (κ1) is 11.4. The van der Waals surface area contributed by atoms with Crippen molar-refractivity contribution in [1.82, 2.24) is 5.32 Å². The van der Waals surface area contributed by atoms with Crippen LogP contribution in [0.2, 0.25) is 0 Å². The van der Waals surface area contributed by atoms with Gasteiger partial charge >= 0.3 is 0 Å². The Bertz CT molecular complexity index is 353. The number of hydrogen-bond donors (Lipinski definition) is 1. The van der Waals surface area contributed by atoms with Crippen molar-refractivity contribution in [1.29, 1.82) is 0 Å². The number of hydrogen-bond acceptors (Lipinski definition) is 3. The minimum absolute atomic E-state index is 0.0680. The van der Waals surface area contributed by atoms with Crippen molar-refractivity contribution >= 4 is 0 Å². The van der Waals surface area contributed by atoms with Crippen LogP contribution in [0.3, 0.4) is 0 Å². The predicted molar refractivity (Wildman–Crippen MR) is 63.8 cm³/mol. The van der Waals surface area contributed by atoms with Gasteiger partial charge in [-0.05, 0) is 19.9 Å². The number of para-hydroxylation sites is 1. The molecule has 0 aliphatic carbocycles. The number of methoxy groups -OCH3 is 1. The van der Waals surface area contributed by atoms with Gasteiger partial charge in [-0.2, -0.15) is 0 Å². The molecule has 1 aliphatic rings. The Labute approximate surface area is 96.8 Å². The van der Waals surface area contributed by atoms with Crippen LogP contribution in [-0.2, 0) is 4.74 Å². The van der Waals surface area contributed by atoms with Crippen molar-refractivity contribution in [3.05, 3.63) is 29.8 Å². The van der Waals surface area contributed by atoms with Gasteiger partial charge in [0.15, 0.2) is 0 Å². The molecule has 1 aromatic carbocycles. The quantitative estimate of drug-likeness (QED) is 0.830. The van der Waals surface area contributed by atoms with Crippen LogP contribution in [-0.4, -0.2) is 25.8 Å². The van der Waals surface area contributed by atoms with Crippen molar-refractivity contribution in [2.24, 2.45) is 0 Å². The molecule has 88 valence electrons. The lowest BCUT2D eigenvalue weighted by Crippen LogP contribution is -2.50. The molecule has 1 aliphatic heterocycles.